The molecule has 2 heterocycles. The topological polar surface area (TPSA) is 41.6 Å². The molecule has 0 saturated carbocycles. The highest BCUT2D eigenvalue weighted by Gasteiger charge is 2.22. The number of aromatic nitrogens is 3. The van der Waals surface area contributed by atoms with Gasteiger partial charge in [0.25, 0.3) is 0 Å². The number of H-pyrrole nitrogens is 1. The molecule has 3 nitrogen and oxygen atoms in total. The molecule has 1 aromatic carbocycles. The number of nitrogens with one attached hydrogen (secondary N) is 1. The first kappa shape index (κ1) is 11.7. The summed E-state index contributed by atoms with van der Waals surface area (Å²) in [5, 5.41) is 8.48. The van der Waals surface area contributed by atoms with Crippen molar-refractivity contribution in [1.29, 1.82) is 0 Å². The van der Waals surface area contributed by atoms with E-state index in [1.807, 2.05) is 24.3 Å². The van der Waals surface area contributed by atoms with Crippen molar-refractivity contribution in [2.45, 2.75) is 12.8 Å². The van der Waals surface area contributed by atoms with Gasteiger partial charge in [0.05, 0.1) is 11.4 Å². The van der Waals surface area contributed by atoms with Crippen molar-refractivity contribution in [3.8, 4) is 22.5 Å². The predicted octanol–water partition coefficient (Wildman–Crippen LogP) is 3.89. The van der Waals surface area contributed by atoms with Gasteiger partial charge in [0.2, 0.25) is 0 Å². The standard InChI is InChI=1S/C16H12ClN3/c17-12-2-4-13-11(9-12)1-3-14-15(19-20-16(13)14)10-5-7-18-8-6-10/h2,4-9H,1,3H2,(H,19,20). The van der Waals surface area contributed by atoms with Gasteiger partial charge >= 0.3 is 0 Å². The molecule has 4 heteroatoms. The van der Waals surface area contributed by atoms with Crippen molar-refractivity contribution in [1.82, 2.24) is 15.2 Å². The minimum Gasteiger partial charge on any atom is -0.277 e. The van der Waals surface area contributed by atoms with Crippen LogP contribution >= 0.6 is 11.6 Å². The second-order valence-corrected chi connectivity index (χ2v) is 5.40. The highest BCUT2D eigenvalue weighted by atomic mass is 35.5. The zero-order valence-electron chi connectivity index (χ0n) is 10.7. The summed E-state index contributed by atoms with van der Waals surface area (Å²) in [6.45, 7) is 0. The Hall–Kier alpha value is -2.13. The van der Waals surface area contributed by atoms with E-state index in [4.69, 9.17) is 11.6 Å². The zero-order valence-corrected chi connectivity index (χ0v) is 11.5. The maximum atomic E-state index is 6.07. The molecular formula is C16H12ClN3. The number of hydrogen-bond donors (Lipinski definition) is 1. The number of rotatable bonds is 1. The van der Waals surface area contributed by atoms with Crippen LogP contribution < -0.4 is 0 Å². The van der Waals surface area contributed by atoms with Crippen molar-refractivity contribution in [2.24, 2.45) is 0 Å². The van der Waals surface area contributed by atoms with Gasteiger partial charge in [0.1, 0.15) is 0 Å². The lowest BCUT2D eigenvalue weighted by Crippen LogP contribution is -2.03. The van der Waals surface area contributed by atoms with E-state index in [2.05, 4.69) is 21.2 Å². The van der Waals surface area contributed by atoms with E-state index < -0.39 is 0 Å². The molecular weight excluding hydrogens is 270 g/mol. The highest BCUT2D eigenvalue weighted by molar-refractivity contribution is 6.30. The van der Waals surface area contributed by atoms with Crippen LogP contribution in [0, 0.1) is 0 Å². The number of aryl methyl sites for hydroxylation is 1. The van der Waals surface area contributed by atoms with Gasteiger partial charge in [0, 0.05) is 34.1 Å². The number of nitrogens with zero attached hydrogens (tertiary/aromatic N) is 2. The fourth-order valence-corrected chi connectivity index (χ4v) is 3.05. The third-order valence-electron chi connectivity index (χ3n) is 3.80. The van der Waals surface area contributed by atoms with Gasteiger partial charge in [-0.25, -0.2) is 0 Å². The van der Waals surface area contributed by atoms with Gasteiger partial charge in [0.15, 0.2) is 0 Å². The van der Waals surface area contributed by atoms with Crippen LogP contribution in [0.25, 0.3) is 22.5 Å². The van der Waals surface area contributed by atoms with Gasteiger partial charge in [-0.05, 0) is 42.7 Å². The fourth-order valence-electron chi connectivity index (χ4n) is 2.85. The van der Waals surface area contributed by atoms with E-state index in [0.29, 0.717) is 0 Å². The molecule has 0 aliphatic heterocycles. The molecule has 0 unspecified atom stereocenters. The van der Waals surface area contributed by atoms with Crippen molar-refractivity contribution >= 4 is 11.6 Å². The quantitative estimate of drug-likeness (QED) is 0.735. The Balaban J connectivity index is 1.89. The summed E-state index contributed by atoms with van der Waals surface area (Å²) >= 11 is 6.07. The Morgan fingerprint density at radius 3 is 2.75 bits per heavy atom. The zero-order chi connectivity index (χ0) is 13.5. The van der Waals surface area contributed by atoms with E-state index >= 15 is 0 Å². The summed E-state index contributed by atoms with van der Waals surface area (Å²) in [5.41, 5.74) is 7.04. The molecule has 2 aromatic heterocycles. The molecule has 98 valence electrons. The number of aromatic amines is 1. The summed E-state index contributed by atoms with van der Waals surface area (Å²) in [6, 6.07) is 10.0. The van der Waals surface area contributed by atoms with E-state index in [-0.39, 0.29) is 0 Å². The lowest BCUT2D eigenvalue weighted by molar-refractivity contribution is 0.943. The summed E-state index contributed by atoms with van der Waals surface area (Å²) in [4.78, 5) is 4.06. The molecule has 20 heavy (non-hydrogen) atoms. The molecule has 0 saturated heterocycles. The molecule has 1 aliphatic carbocycles. The van der Waals surface area contributed by atoms with E-state index in [9.17, 15) is 0 Å². The van der Waals surface area contributed by atoms with Crippen LogP contribution in [0.2, 0.25) is 5.02 Å². The van der Waals surface area contributed by atoms with Crippen LogP contribution in [0.3, 0.4) is 0 Å². The largest absolute Gasteiger partial charge is 0.277 e. The average Bonchev–Trinajstić information content (AvgIpc) is 2.92. The van der Waals surface area contributed by atoms with Gasteiger partial charge in [-0.15, -0.1) is 0 Å². The first-order valence-corrected chi connectivity index (χ1v) is 6.97. The van der Waals surface area contributed by atoms with E-state index in [1.54, 1.807) is 12.4 Å². The Bertz CT molecular complexity index is 778. The summed E-state index contributed by atoms with van der Waals surface area (Å²) < 4.78 is 0. The van der Waals surface area contributed by atoms with Crippen LogP contribution in [0.1, 0.15) is 11.1 Å². The fraction of sp³-hybridized carbons (Fsp3) is 0.125. The Morgan fingerprint density at radius 1 is 1.05 bits per heavy atom. The van der Waals surface area contributed by atoms with E-state index in [0.717, 1.165) is 34.8 Å². The van der Waals surface area contributed by atoms with Gasteiger partial charge in [-0.1, -0.05) is 17.7 Å². The first-order valence-electron chi connectivity index (χ1n) is 6.59. The van der Waals surface area contributed by atoms with Crippen molar-refractivity contribution < 1.29 is 0 Å². The average molecular weight is 282 g/mol. The molecule has 0 spiro atoms. The molecule has 1 N–H and O–H groups in total. The monoisotopic (exact) mass is 281 g/mol. The van der Waals surface area contributed by atoms with Gasteiger partial charge in [-0.3, -0.25) is 10.1 Å². The SMILES string of the molecule is Clc1ccc2c(c1)CCc1c(-c3ccncc3)n[nH]c1-2. The number of halogens is 1. The molecule has 1 aliphatic rings. The molecule has 0 atom stereocenters. The number of fused-ring (bicyclic) bond motifs is 3. The lowest BCUT2D eigenvalue weighted by atomic mass is 9.88. The highest BCUT2D eigenvalue weighted by Crippen LogP contribution is 2.37. The van der Waals surface area contributed by atoms with Crippen LogP contribution in [0.15, 0.2) is 42.7 Å². The van der Waals surface area contributed by atoms with E-state index in [1.165, 1.54) is 16.7 Å². The smallest absolute Gasteiger partial charge is 0.0960 e. The van der Waals surface area contributed by atoms with Crippen LogP contribution in [0.5, 0.6) is 0 Å². The minimum absolute atomic E-state index is 0.793. The van der Waals surface area contributed by atoms with Crippen molar-refractivity contribution in [3.63, 3.8) is 0 Å². The molecule has 0 amide bonds. The molecule has 0 radical (unpaired) electrons. The van der Waals surface area contributed by atoms with Crippen molar-refractivity contribution in [3.05, 3.63) is 58.9 Å². The number of benzene rings is 1. The molecule has 4 rings (SSSR count). The van der Waals surface area contributed by atoms with Gasteiger partial charge in [-0.2, -0.15) is 5.10 Å². The Labute approximate surface area is 121 Å². The third-order valence-corrected chi connectivity index (χ3v) is 4.04. The predicted molar refractivity (Wildman–Crippen MR) is 79.7 cm³/mol. The minimum atomic E-state index is 0.793. The molecule has 0 fully saturated rings. The summed E-state index contributed by atoms with van der Waals surface area (Å²) in [5.74, 6) is 0. The third kappa shape index (κ3) is 1.74. The normalized spacial score (nSPS) is 12.8. The lowest BCUT2D eigenvalue weighted by Gasteiger charge is -2.16. The van der Waals surface area contributed by atoms with Crippen LogP contribution in [-0.4, -0.2) is 15.2 Å². The number of pyridine rings is 1. The summed E-state index contributed by atoms with van der Waals surface area (Å²) in [6.07, 6.45) is 5.58. The van der Waals surface area contributed by atoms with Crippen LogP contribution in [-0.2, 0) is 12.8 Å². The molecule has 3 aromatic rings. The molecule has 0 bridgehead atoms. The summed E-state index contributed by atoms with van der Waals surface area (Å²) in [7, 11) is 0. The van der Waals surface area contributed by atoms with Crippen LogP contribution in [0.4, 0.5) is 0 Å². The first-order chi connectivity index (χ1) is 9.83. The second-order valence-electron chi connectivity index (χ2n) is 4.96. The Kier molecular flexibility index (Phi) is 2.60. The maximum Gasteiger partial charge on any atom is 0.0960 e. The maximum absolute atomic E-state index is 6.07. The Morgan fingerprint density at radius 2 is 1.90 bits per heavy atom. The second kappa shape index (κ2) is 4.46. The van der Waals surface area contributed by atoms with Crippen molar-refractivity contribution in [2.75, 3.05) is 0 Å². The number of hydrogen-bond acceptors (Lipinski definition) is 2. The van der Waals surface area contributed by atoms with Gasteiger partial charge < -0.3 is 0 Å².